The number of nitrogens with zero attached hydrogens (tertiary/aromatic N) is 1. The van der Waals surface area contributed by atoms with Gasteiger partial charge in [0.05, 0.1) is 18.2 Å². The van der Waals surface area contributed by atoms with Gasteiger partial charge in [0.2, 0.25) is 0 Å². The number of aryl methyl sites for hydroxylation is 1. The Labute approximate surface area is 195 Å². The van der Waals surface area contributed by atoms with Gasteiger partial charge in [-0.15, -0.1) is 0 Å². The van der Waals surface area contributed by atoms with Crippen molar-refractivity contribution in [3.8, 4) is 5.75 Å². The van der Waals surface area contributed by atoms with Gasteiger partial charge in [0, 0.05) is 25.8 Å². The molecule has 176 valence electrons. The minimum Gasteiger partial charge on any atom is -0.507 e. The van der Waals surface area contributed by atoms with E-state index < -0.39 is 17.7 Å². The van der Waals surface area contributed by atoms with Crippen molar-refractivity contribution in [2.45, 2.75) is 46.1 Å². The molecule has 1 amide bonds. The van der Waals surface area contributed by atoms with E-state index in [1.54, 1.807) is 30.2 Å². The van der Waals surface area contributed by atoms with Crippen molar-refractivity contribution in [3.05, 3.63) is 70.3 Å². The molecular formula is C27H33NO5. The molecule has 0 saturated carbocycles. The number of methoxy groups -OCH3 is 1. The fraction of sp³-hybridized carbons (Fsp3) is 0.407. The number of benzene rings is 2. The molecule has 2 aromatic rings. The van der Waals surface area contributed by atoms with Crippen LogP contribution in [0, 0.1) is 6.92 Å². The smallest absolute Gasteiger partial charge is 0.295 e. The Balaban J connectivity index is 2.10. The summed E-state index contributed by atoms with van der Waals surface area (Å²) < 4.78 is 10.7. The van der Waals surface area contributed by atoms with Crippen molar-refractivity contribution >= 4 is 17.4 Å². The van der Waals surface area contributed by atoms with Gasteiger partial charge in [-0.3, -0.25) is 9.59 Å². The SMILES string of the molecule is CCOc1ccc(/C(O)=C2/C(=O)C(=O)N(CCCOC)C2c2ccc(C(C)C)cc2)cc1C. The van der Waals surface area contributed by atoms with Crippen LogP contribution in [-0.4, -0.2) is 48.6 Å². The first-order chi connectivity index (χ1) is 15.8. The molecule has 1 unspecified atom stereocenters. The van der Waals surface area contributed by atoms with Gasteiger partial charge in [0.1, 0.15) is 11.5 Å². The van der Waals surface area contributed by atoms with Crippen LogP contribution in [0.25, 0.3) is 5.76 Å². The molecule has 1 N–H and O–H groups in total. The second-order valence-corrected chi connectivity index (χ2v) is 8.57. The maximum atomic E-state index is 13.1. The third-order valence-electron chi connectivity index (χ3n) is 5.95. The van der Waals surface area contributed by atoms with Crippen LogP contribution in [0.15, 0.2) is 48.0 Å². The summed E-state index contributed by atoms with van der Waals surface area (Å²) in [5, 5.41) is 11.2. The monoisotopic (exact) mass is 451 g/mol. The average Bonchev–Trinajstić information content (AvgIpc) is 3.05. The number of carbonyl (C=O) groups excluding carboxylic acids is 2. The highest BCUT2D eigenvalue weighted by Crippen LogP contribution is 2.40. The molecule has 1 fully saturated rings. The molecule has 1 saturated heterocycles. The van der Waals surface area contributed by atoms with Gasteiger partial charge in [0.15, 0.2) is 0 Å². The van der Waals surface area contributed by atoms with Crippen LogP contribution in [0.4, 0.5) is 0 Å². The van der Waals surface area contributed by atoms with E-state index in [1.807, 2.05) is 38.1 Å². The number of aliphatic hydroxyl groups is 1. The molecule has 33 heavy (non-hydrogen) atoms. The summed E-state index contributed by atoms with van der Waals surface area (Å²) in [5.41, 5.74) is 3.39. The Morgan fingerprint density at radius 1 is 1.12 bits per heavy atom. The van der Waals surface area contributed by atoms with Crippen LogP contribution in [-0.2, 0) is 14.3 Å². The van der Waals surface area contributed by atoms with Gasteiger partial charge in [-0.25, -0.2) is 0 Å². The molecule has 2 aromatic carbocycles. The van der Waals surface area contributed by atoms with Crippen LogP contribution in [0.3, 0.4) is 0 Å². The third-order valence-corrected chi connectivity index (χ3v) is 5.95. The molecule has 0 aromatic heterocycles. The highest BCUT2D eigenvalue weighted by atomic mass is 16.5. The maximum absolute atomic E-state index is 13.1. The number of likely N-dealkylation sites (tertiary alicyclic amines) is 1. The number of ketones is 1. The van der Waals surface area contributed by atoms with Crippen LogP contribution >= 0.6 is 0 Å². The molecule has 3 rings (SSSR count). The van der Waals surface area contributed by atoms with Crippen molar-refractivity contribution in [2.75, 3.05) is 26.9 Å². The lowest BCUT2D eigenvalue weighted by atomic mass is 9.93. The zero-order valence-corrected chi connectivity index (χ0v) is 20.1. The predicted molar refractivity (Wildman–Crippen MR) is 128 cm³/mol. The Morgan fingerprint density at radius 3 is 2.39 bits per heavy atom. The van der Waals surface area contributed by atoms with E-state index in [0.717, 1.165) is 22.4 Å². The second kappa shape index (κ2) is 10.7. The van der Waals surface area contributed by atoms with E-state index in [-0.39, 0.29) is 11.3 Å². The van der Waals surface area contributed by atoms with Gasteiger partial charge in [-0.1, -0.05) is 38.1 Å². The minimum absolute atomic E-state index is 0.110. The normalized spacial score (nSPS) is 17.8. The topological polar surface area (TPSA) is 76.1 Å². The van der Waals surface area contributed by atoms with Crippen molar-refractivity contribution in [3.63, 3.8) is 0 Å². The number of hydrogen-bond acceptors (Lipinski definition) is 5. The lowest BCUT2D eigenvalue weighted by molar-refractivity contribution is -0.140. The number of rotatable bonds is 9. The second-order valence-electron chi connectivity index (χ2n) is 8.57. The van der Waals surface area contributed by atoms with Gasteiger partial charge < -0.3 is 19.5 Å². The Kier molecular flexibility index (Phi) is 7.92. The summed E-state index contributed by atoms with van der Waals surface area (Å²) in [7, 11) is 1.60. The molecule has 1 aliphatic rings. The molecule has 0 spiro atoms. The largest absolute Gasteiger partial charge is 0.507 e. The van der Waals surface area contributed by atoms with Crippen molar-refractivity contribution in [2.24, 2.45) is 0 Å². The molecular weight excluding hydrogens is 418 g/mol. The van der Waals surface area contributed by atoms with E-state index in [1.165, 1.54) is 0 Å². The summed E-state index contributed by atoms with van der Waals surface area (Å²) >= 11 is 0. The number of carbonyl (C=O) groups is 2. The molecule has 6 nitrogen and oxygen atoms in total. The number of aliphatic hydroxyl groups excluding tert-OH is 1. The number of ether oxygens (including phenoxy) is 2. The fourth-order valence-electron chi connectivity index (χ4n) is 4.17. The highest BCUT2D eigenvalue weighted by Gasteiger charge is 2.45. The van der Waals surface area contributed by atoms with Crippen LogP contribution in [0.5, 0.6) is 5.75 Å². The minimum atomic E-state index is -0.672. The summed E-state index contributed by atoms with van der Waals surface area (Å²) in [6, 6.07) is 12.5. The number of amides is 1. The fourth-order valence-corrected chi connectivity index (χ4v) is 4.17. The zero-order valence-electron chi connectivity index (χ0n) is 20.1. The molecule has 1 atom stereocenters. The summed E-state index contributed by atoms with van der Waals surface area (Å²) in [5.74, 6) is -0.372. The van der Waals surface area contributed by atoms with E-state index >= 15 is 0 Å². The summed E-state index contributed by atoms with van der Waals surface area (Å²) in [6.07, 6.45) is 0.590. The van der Waals surface area contributed by atoms with Gasteiger partial charge >= 0.3 is 0 Å². The standard InChI is InChI=1S/C27H33NO5/c1-6-33-22-13-12-21(16-18(22)4)25(29)23-24(20-10-8-19(9-11-20)17(2)3)28(14-7-15-32-5)27(31)26(23)30/h8-13,16-17,24,29H,6-7,14-15H2,1-5H3/b25-23-. The first-order valence-corrected chi connectivity index (χ1v) is 11.4. The molecule has 0 radical (unpaired) electrons. The lowest BCUT2D eigenvalue weighted by Gasteiger charge is -2.25. The Morgan fingerprint density at radius 2 is 1.82 bits per heavy atom. The molecule has 6 heteroatoms. The average molecular weight is 452 g/mol. The quantitative estimate of drug-likeness (QED) is 0.252. The van der Waals surface area contributed by atoms with Crippen molar-refractivity contribution < 1.29 is 24.2 Å². The first kappa shape index (κ1) is 24.5. The van der Waals surface area contributed by atoms with Crippen LogP contribution in [0.2, 0.25) is 0 Å². The highest BCUT2D eigenvalue weighted by molar-refractivity contribution is 6.46. The van der Waals surface area contributed by atoms with Gasteiger partial charge in [0.25, 0.3) is 11.7 Å². The summed E-state index contributed by atoms with van der Waals surface area (Å²) in [6.45, 7) is 9.37. The Bertz CT molecular complexity index is 1040. The first-order valence-electron chi connectivity index (χ1n) is 11.4. The third kappa shape index (κ3) is 5.11. The number of Topliss-reactive ketones (excluding diaryl/α,β-unsaturated/α-hetero) is 1. The maximum Gasteiger partial charge on any atom is 0.295 e. The van der Waals surface area contributed by atoms with E-state index in [9.17, 15) is 14.7 Å². The van der Waals surface area contributed by atoms with Crippen molar-refractivity contribution in [1.29, 1.82) is 0 Å². The van der Waals surface area contributed by atoms with E-state index in [4.69, 9.17) is 9.47 Å². The summed E-state index contributed by atoms with van der Waals surface area (Å²) in [4.78, 5) is 27.6. The van der Waals surface area contributed by atoms with Crippen molar-refractivity contribution in [1.82, 2.24) is 4.90 Å². The van der Waals surface area contributed by atoms with Crippen LogP contribution < -0.4 is 4.74 Å². The van der Waals surface area contributed by atoms with E-state index in [2.05, 4.69) is 13.8 Å². The predicted octanol–water partition coefficient (Wildman–Crippen LogP) is 4.98. The molecule has 1 heterocycles. The van der Waals surface area contributed by atoms with E-state index in [0.29, 0.717) is 37.7 Å². The Hall–Kier alpha value is -3.12. The number of hydrogen-bond donors (Lipinski definition) is 1. The molecule has 0 bridgehead atoms. The molecule has 1 aliphatic heterocycles. The zero-order chi connectivity index (χ0) is 24.1. The van der Waals surface area contributed by atoms with Crippen LogP contribution in [0.1, 0.15) is 61.4 Å². The molecule has 0 aliphatic carbocycles. The van der Waals surface area contributed by atoms with Gasteiger partial charge in [-0.05, 0) is 61.1 Å². The lowest BCUT2D eigenvalue weighted by Crippen LogP contribution is -2.31. The van der Waals surface area contributed by atoms with Gasteiger partial charge in [-0.2, -0.15) is 0 Å².